The Morgan fingerprint density at radius 1 is 1.42 bits per heavy atom. The largest absolute Gasteiger partial charge is 0.480 e. The van der Waals surface area contributed by atoms with E-state index in [2.05, 4.69) is 5.32 Å². The molecule has 1 rings (SSSR count). The van der Waals surface area contributed by atoms with Gasteiger partial charge in [-0.2, -0.15) is 0 Å². The number of hydrogen-bond acceptors (Lipinski definition) is 3. The van der Waals surface area contributed by atoms with E-state index in [9.17, 15) is 14.7 Å². The molecule has 0 saturated carbocycles. The third kappa shape index (κ3) is 4.38. The number of rotatable bonds is 4. The summed E-state index contributed by atoms with van der Waals surface area (Å²) in [7, 11) is 0. The summed E-state index contributed by atoms with van der Waals surface area (Å²) in [6.45, 7) is 6.68. The lowest BCUT2D eigenvalue weighted by molar-refractivity contribution is -0.142. The highest BCUT2D eigenvalue weighted by atomic mass is 16.4. The van der Waals surface area contributed by atoms with E-state index in [1.807, 2.05) is 0 Å². The van der Waals surface area contributed by atoms with Gasteiger partial charge in [0.1, 0.15) is 6.04 Å². The van der Waals surface area contributed by atoms with Crippen LogP contribution in [0.15, 0.2) is 0 Å². The average Bonchev–Trinajstić information content (AvgIpc) is 2.72. The van der Waals surface area contributed by atoms with Crippen molar-refractivity contribution >= 4 is 12.0 Å². The number of aliphatic hydroxyl groups excluding tert-OH is 1. The number of nitrogens with one attached hydrogen (secondary N) is 1. The molecule has 2 atom stereocenters. The third-order valence-corrected chi connectivity index (χ3v) is 3.49. The number of nitrogens with zero attached hydrogens (tertiary/aromatic N) is 1. The Balaban J connectivity index is 2.57. The number of urea groups is 1. The van der Waals surface area contributed by atoms with Crippen molar-refractivity contribution in [3.8, 4) is 0 Å². The Kier molecular flexibility index (Phi) is 5.17. The number of carbonyl (C=O) groups excluding carboxylic acids is 1. The number of carboxylic acids is 1. The summed E-state index contributed by atoms with van der Waals surface area (Å²) in [6, 6.07) is -1.24. The van der Waals surface area contributed by atoms with Gasteiger partial charge in [-0.15, -0.1) is 0 Å². The summed E-state index contributed by atoms with van der Waals surface area (Å²) in [5, 5.41) is 20.6. The van der Waals surface area contributed by atoms with Gasteiger partial charge in [0.2, 0.25) is 0 Å². The van der Waals surface area contributed by atoms with Crippen LogP contribution in [0.3, 0.4) is 0 Å². The van der Waals surface area contributed by atoms with Crippen molar-refractivity contribution in [2.45, 2.75) is 39.7 Å². The zero-order chi connectivity index (χ0) is 14.6. The topological polar surface area (TPSA) is 89.9 Å². The SMILES string of the molecule is CC(C)(C)[C@H](NC(=O)N1CCC(CCO)C1)C(=O)O. The fourth-order valence-corrected chi connectivity index (χ4v) is 2.30. The zero-order valence-corrected chi connectivity index (χ0v) is 11.8. The molecular weight excluding hydrogens is 248 g/mol. The molecule has 6 nitrogen and oxygen atoms in total. The quantitative estimate of drug-likeness (QED) is 0.709. The first-order valence-corrected chi connectivity index (χ1v) is 6.64. The summed E-state index contributed by atoms with van der Waals surface area (Å²) in [4.78, 5) is 24.9. The van der Waals surface area contributed by atoms with Crippen molar-refractivity contribution in [3.63, 3.8) is 0 Å². The molecule has 1 aliphatic heterocycles. The number of hydrogen-bond donors (Lipinski definition) is 3. The molecule has 0 aliphatic carbocycles. The van der Waals surface area contributed by atoms with Gasteiger partial charge in [0, 0.05) is 19.7 Å². The van der Waals surface area contributed by atoms with E-state index in [4.69, 9.17) is 5.11 Å². The fraction of sp³-hybridized carbons (Fsp3) is 0.846. The summed E-state index contributed by atoms with van der Waals surface area (Å²) in [6.07, 6.45) is 1.55. The highest BCUT2D eigenvalue weighted by molar-refractivity contribution is 5.83. The number of carbonyl (C=O) groups is 2. The van der Waals surface area contributed by atoms with E-state index in [1.54, 1.807) is 25.7 Å². The van der Waals surface area contributed by atoms with E-state index in [0.29, 0.717) is 25.4 Å². The smallest absolute Gasteiger partial charge is 0.326 e. The Bertz CT molecular complexity index is 338. The summed E-state index contributed by atoms with van der Waals surface area (Å²) < 4.78 is 0. The van der Waals surface area contributed by atoms with Crippen LogP contribution in [0.1, 0.15) is 33.6 Å². The van der Waals surface area contributed by atoms with E-state index in [1.165, 1.54) is 0 Å². The standard InChI is InChI=1S/C13H24N2O4/c1-13(2,3)10(11(17)18)14-12(19)15-6-4-9(8-15)5-7-16/h9-10,16H,4-8H2,1-3H3,(H,14,19)(H,17,18)/t9?,10-/m1/s1. The van der Waals surface area contributed by atoms with Crippen molar-refractivity contribution in [2.24, 2.45) is 11.3 Å². The molecule has 2 amide bonds. The molecule has 110 valence electrons. The lowest BCUT2D eigenvalue weighted by atomic mass is 9.87. The highest BCUT2D eigenvalue weighted by Crippen LogP contribution is 2.22. The first kappa shape index (κ1) is 15.8. The number of likely N-dealkylation sites (tertiary alicyclic amines) is 1. The average molecular weight is 272 g/mol. The maximum Gasteiger partial charge on any atom is 0.326 e. The maximum absolute atomic E-state index is 12.0. The van der Waals surface area contributed by atoms with Crippen molar-refractivity contribution in [3.05, 3.63) is 0 Å². The van der Waals surface area contributed by atoms with Crippen LogP contribution in [0.4, 0.5) is 4.79 Å². The Morgan fingerprint density at radius 2 is 2.05 bits per heavy atom. The molecule has 1 heterocycles. The van der Waals surface area contributed by atoms with Crippen LogP contribution < -0.4 is 5.32 Å². The molecule has 1 fully saturated rings. The maximum atomic E-state index is 12.0. The number of carboxylic acid groups (broad SMARTS) is 1. The van der Waals surface area contributed by atoms with Crippen molar-refractivity contribution in [1.29, 1.82) is 0 Å². The summed E-state index contributed by atoms with van der Waals surface area (Å²) >= 11 is 0. The van der Waals surface area contributed by atoms with Crippen LogP contribution in [0.2, 0.25) is 0 Å². The van der Waals surface area contributed by atoms with Crippen molar-refractivity contribution < 1.29 is 19.8 Å². The Hall–Kier alpha value is -1.30. The van der Waals surface area contributed by atoms with Gasteiger partial charge < -0.3 is 20.4 Å². The second-order valence-electron chi connectivity index (χ2n) is 6.20. The minimum absolute atomic E-state index is 0.125. The van der Waals surface area contributed by atoms with E-state index < -0.39 is 17.4 Å². The predicted octanol–water partition coefficient (Wildman–Crippen LogP) is 0.900. The van der Waals surface area contributed by atoms with Crippen LogP contribution in [0.5, 0.6) is 0 Å². The molecule has 6 heteroatoms. The highest BCUT2D eigenvalue weighted by Gasteiger charge is 2.35. The second-order valence-corrected chi connectivity index (χ2v) is 6.20. The van der Waals surface area contributed by atoms with E-state index in [-0.39, 0.29) is 12.6 Å². The van der Waals surface area contributed by atoms with E-state index in [0.717, 1.165) is 6.42 Å². The van der Waals surface area contributed by atoms with Crippen molar-refractivity contribution in [2.75, 3.05) is 19.7 Å². The molecule has 1 unspecified atom stereocenters. The van der Waals surface area contributed by atoms with Gasteiger partial charge in [0.25, 0.3) is 0 Å². The molecule has 0 aromatic rings. The zero-order valence-electron chi connectivity index (χ0n) is 11.8. The van der Waals surface area contributed by atoms with Gasteiger partial charge in [-0.3, -0.25) is 0 Å². The molecular formula is C13H24N2O4. The first-order chi connectivity index (χ1) is 8.75. The van der Waals surface area contributed by atoms with Crippen LogP contribution in [-0.4, -0.2) is 52.9 Å². The number of aliphatic carboxylic acids is 1. The fourth-order valence-electron chi connectivity index (χ4n) is 2.30. The van der Waals surface area contributed by atoms with Crippen LogP contribution in [0, 0.1) is 11.3 Å². The van der Waals surface area contributed by atoms with Gasteiger partial charge >= 0.3 is 12.0 Å². The lowest BCUT2D eigenvalue weighted by Gasteiger charge is -2.29. The van der Waals surface area contributed by atoms with Gasteiger partial charge in [0.05, 0.1) is 0 Å². The molecule has 1 saturated heterocycles. The van der Waals surface area contributed by atoms with Gasteiger partial charge in [-0.25, -0.2) is 9.59 Å². The Morgan fingerprint density at radius 3 is 2.53 bits per heavy atom. The molecule has 0 aromatic carbocycles. The first-order valence-electron chi connectivity index (χ1n) is 6.64. The number of amides is 2. The van der Waals surface area contributed by atoms with Gasteiger partial charge in [-0.05, 0) is 24.2 Å². The minimum atomic E-state index is -1.02. The van der Waals surface area contributed by atoms with Crippen LogP contribution in [-0.2, 0) is 4.79 Å². The number of aliphatic hydroxyl groups is 1. The van der Waals surface area contributed by atoms with Crippen LogP contribution >= 0.6 is 0 Å². The van der Waals surface area contributed by atoms with E-state index >= 15 is 0 Å². The summed E-state index contributed by atoms with van der Waals surface area (Å²) in [5.74, 6) is -0.708. The molecule has 3 N–H and O–H groups in total. The lowest BCUT2D eigenvalue weighted by Crippen LogP contribution is -2.52. The predicted molar refractivity (Wildman–Crippen MR) is 70.8 cm³/mol. The molecule has 0 bridgehead atoms. The molecule has 1 aliphatic rings. The molecule has 0 spiro atoms. The van der Waals surface area contributed by atoms with Gasteiger partial charge in [0.15, 0.2) is 0 Å². The van der Waals surface area contributed by atoms with Gasteiger partial charge in [-0.1, -0.05) is 20.8 Å². The third-order valence-electron chi connectivity index (χ3n) is 3.49. The summed E-state index contributed by atoms with van der Waals surface area (Å²) in [5.41, 5.74) is -0.536. The molecule has 0 radical (unpaired) electrons. The molecule has 0 aromatic heterocycles. The monoisotopic (exact) mass is 272 g/mol. The Labute approximate surface area is 113 Å². The van der Waals surface area contributed by atoms with Crippen LogP contribution in [0.25, 0.3) is 0 Å². The molecule has 19 heavy (non-hydrogen) atoms. The normalized spacial score (nSPS) is 21.3. The minimum Gasteiger partial charge on any atom is -0.480 e. The second kappa shape index (κ2) is 6.23. The van der Waals surface area contributed by atoms with Crippen molar-refractivity contribution in [1.82, 2.24) is 10.2 Å².